The summed E-state index contributed by atoms with van der Waals surface area (Å²) in [6.45, 7) is 0. The van der Waals surface area contributed by atoms with E-state index in [4.69, 9.17) is 15.9 Å². The second-order valence-electron chi connectivity index (χ2n) is 4.62. The number of fused-ring (bicyclic) bond motifs is 1. The third-order valence-electron chi connectivity index (χ3n) is 3.18. The van der Waals surface area contributed by atoms with Gasteiger partial charge in [0.05, 0.1) is 5.52 Å². The van der Waals surface area contributed by atoms with Crippen molar-refractivity contribution in [2.75, 3.05) is 0 Å². The van der Waals surface area contributed by atoms with Crippen LogP contribution in [0, 0.1) is 0 Å². The van der Waals surface area contributed by atoms with E-state index in [0.29, 0.717) is 24.8 Å². The van der Waals surface area contributed by atoms with Crippen LogP contribution in [0.5, 0.6) is 0 Å². The van der Waals surface area contributed by atoms with E-state index in [1.165, 1.54) is 4.57 Å². The number of aryl methyl sites for hydroxylation is 1. The summed E-state index contributed by atoms with van der Waals surface area (Å²) in [6, 6.07) is 5.25. The first kappa shape index (κ1) is 13.4. The lowest BCUT2D eigenvalue weighted by Gasteiger charge is -2.11. The number of oxazole rings is 1. The maximum atomic E-state index is 11.4. The molecule has 1 aromatic carbocycles. The van der Waals surface area contributed by atoms with Gasteiger partial charge in [0.2, 0.25) is 5.91 Å². The molecule has 0 radical (unpaired) electrons. The van der Waals surface area contributed by atoms with E-state index in [1.54, 1.807) is 13.1 Å². The molecule has 1 heterocycles. The Bertz CT molecular complexity index is 657. The summed E-state index contributed by atoms with van der Waals surface area (Å²) in [4.78, 5) is 22.0. The van der Waals surface area contributed by atoms with E-state index in [2.05, 4.69) is 0 Å². The molecule has 19 heavy (non-hydrogen) atoms. The first-order chi connectivity index (χ1) is 8.99. The molecule has 0 fully saturated rings. The lowest BCUT2D eigenvalue weighted by atomic mass is 10.0. The highest BCUT2D eigenvalue weighted by Gasteiger charge is 2.11. The van der Waals surface area contributed by atoms with Gasteiger partial charge in [-0.25, -0.2) is 4.79 Å². The number of rotatable bonds is 5. The van der Waals surface area contributed by atoms with Crippen LogP contribution in [0.1, 0.15) is 30.9 Å². The fourth-order valence-corrected chi connectivity index (χ4v) is 2.04. The molecule has 1 amide bonds. The fourth-order valence-electron chi connectivity index (χ4n) is 2.04. The van der Waals surface area contributed by atoms with Crippen LogP contribution < -0.4 is 17.2 Å². The van der Waals surface area contributed by atoms with Crippen molar-refractivity contribution >= 4 is 17.0 Å². The summed E-state index contributed by atoms with van der Waals surface area (Å²) >= 11 is 0. The van der Waals surface area contributed by atoms with E-state index in [0.717, 1.165) is 11.1 Å². The van der Waals surface area contributed by atoms with Crippen LogP contribution >= 0.6 is 0 Å². The largest absolute Gasteiger partial charge is 0.419 e. The molecule has 2 rings (SSSR count). The third kappa shape index (κ3) is 2.85. The highest BCUT2D eigenvalue weighted by Crippen LogP contribution is 2.21. The lowest BCUT2D eigenvalue weighted by Crippen LogP contribution is -2.14. The van der Waals surface area contributed by atoms with Gasteiger partial charge in [0.1, 0.15) is 0 Å². The van der Waals surface area contributed by atoms with Gasteiger partial charge in [0.15, 0.2) is 5.58 Å². The predicted molar refractivity (Wildman–Crippen MR) is 71.4 cm³/mol. The standard InChI is InChI=1S/C13H17N3O3/c1-16-10-6-5-8(7-11(10)19-13(16)18)9(14)3-2-4-12(15)17/h5-7,9H,2-4,14H2,1H3,(H2,15,17). The highest BCUT2D eigenvalue weighted by molar-refractivity contribution is 5.74. The van der Waals surface area contributed by atoms with Crippen molar-refractivity contribution in [2.45, 2.75) is 25.3 Å². The number of carbonyl (C=O) groups is 1. The van der Waals surface area contributed by atoms with Crippen LogP contribution in [-0.2, 0) is 11.8 Å². The van der Waals surface area contributed by atoms with E-state index in [-0.39, 0.29) is 11.9 Å². The Morgan fingerprint density at radius 2 is 2.21 bits per heavy atom. The molecule has 0 saturated heterocycles. The molecule has 0 aliphatic rings. The number of nitrogens with zero attached hydrogens (tertiary/aromatic N) is 1. The van der Waals surface area contributed by atoms with Crippen molar-refractivity contribution in [1.82, 2.24) is 4.57 Å². The number of benzene rings is 1. The highest BCUT2D eigenvalue weighted by atomic mass is 16.4. The summed E-state index contributed by atoms with van der Waals surface area (Å²) in [5.41, 5.74) is 13.3. The molecule has 0 spiro atoms. The Kier molecular flexibility index (Phi) is 3.71. The summed E-state index contributed by atoms with van der Waals surface area (Å²) < 4.78 is 6.55. The van der Waals surface area contributed by atoms with Crippen LogP contribution in [-0.4, -0.2) is 10.5 Å². The number of amides is 1. The normalized spacial score (nSPS) is 12.7. The molecule has 2 aromatic rings. The van der Waals surface area contributed by atoms with E-state index in [9.17, 15) is 9.59 Å². The molecule has 0 aliphatic heterocycles. The van der Waals surface area contributed by atoms with E-state index in [1.807, 2.05) is 12.1 Å². The SMILES string of the molecule is Cn1c(=O)oc2cc(C(N)CCCC(N)=O)ccc21. The number of hydrogen-bond donors (Lipinski definition) is 2. The average Bonchev–Trinajstić information content (AvgIpc) is 2.64. The smallest absolute Gasteiger partial charge is 0.408 e. The zero-order valence-corrected chi connectivity index (χ0v) is 10.8. The van der Waals surface area contributed by atoms with Crippen molar-refractivity contribution in [2.24, 2.45) is 18.5 Å². The van der Waals surface area contributed by atoms with Gasteiger partial charge >= 0.3 is 5.76 Å². The zero-order valence-electron chi connectivity index (χ0n) is 10.8. The van der Waals surface area contributed by atoms with Gasteiger partial charge in [-0.2, -0.15) is 0 Å². The monoisotopic (exact) mass is 263 g/mol. The van der Waals surface area contributed by atoms with Gasteiger partial charge in [-0.1, -0.05) is 6.07 Å². The summed E-state index contributed by atoms with van der Waals surface area (Å²) in [5.74, 6) is -0.717. The third-order valence-corrected chi connectivity index (χ3v) is 3.18. The van der Waals surface area contributed by atoms with Gasteiger partial charge < -0.3 is 15.9 Å². The maximum absolute atomic E-state index is 11.4. The minimum Gasteiger partial charge on any atom is -0.408 e. The van der Waals surface area contributed by atoms with Crippen molar-refractivity contribution in [3.05, 3.63) is 34.3 Å². The first-order valence-corrected chi connectivity index (χ1v) is 6.12. The molecule has 6 nitrogen and oxygen atoms in total. The van der Waals surface area contributed by atoms with Crippen molar-refractivity contribution in [3.8, 4) is 0 Å². The minimum atomic E-state index is -0.394. The average molecular weight is 263 g/mol. The predicted octanol–water partition coefficient (Wildman–Crippen LogP) is 0.787. The fraction of sp³-hybridized carbons (Fsp3) is 0.385. The summed E-state index contributed by atoms with van der Waals surface area (Å²) in [5, 5.41) is 0. The lowest BCUT2D eigenvalue weighted by molar-refractivity contribution is -0.118. The Hall–Kier alpha value is -2.08. The second-order valence-corrected chi connectivity index (χ2v) is 4.62. The van der Waals surface area contributed by atoms with E-state index < -0.39 is 5.76 Å². The Balaban J connectivity index is 2.16. The molecule has 1 unspecified atom stereocenters. The number of nitrogens with two attached hydrogens (primary N) is 2. The van der Waals surface area contributed by atoms with Gasteiger partial charge in [-0.15, -0.1) is 0 Å². The van der Waals surface area contributed by atoms with Crippen molar-refractivity contribution in [1.29, 1.82) is 0 Å². The number of hydrogen-bond acceptors (Lipinski definition) is 4. The maximum Gasteiger partial charge on any atom is 0.419 e. The van der Waals surface area contributed by atoms with Gasteiger partial charge in [-0.3, -0.25) is 9.36 Å². The molecule has 6 heteroatoms. The quantitative estimate of drug-likeness (QED) is 0.831. The van der Waals surface area contributed by atoms with Crippen LogP contribution in [0.15, 0.2) is 27.4 Å². The number of carbonyl (C=O) groups excluding carboxylic acids is 1. The molecular weight excluding hydrogens is 246 g/mol. The Labute approximate surface area is 110 Å². The van der Waals surface area contributed by atoms with Crippen LogP contribution in [0.3, 0.4) is 0 Å². The van der Waals surface area contributed by atoms with E-state index >= 15 is 0 Å². The van der Waals surface area contributed by atoms with Crippen molar-refractivity contribution < 1.29 is 9.21 Å². The molecule has 4 N–H and O–H groups in total. The second kappa shape index (κ2) is 5.27. The minimum absolute atomic E-state index is 0.200. The van der Waals surface area contributed by atoms with Crippen molar-refractivity contribution in [3.63, 3.8) is 0 Å². The molecule has 1 aromatic heterocycles. The molecule has 0 aliphatic carbocycles. The molecular formula is C13H17N3O3. The summed E-state index contributed by atoms with van der Waals surface area (Å²) in [6.07, 6.45) is 1.63. The topological polar surface area (TPSA) is 104 Å². The molecule has 1 atom stereocenters. The van der Waals surface area contributed by atoms with Crippen LogP contribution in [0.2, 0.25) is 0 Å². The number of primary amides is 1. The van der Waals surface area contributed by atoms with Gasteiger partial charge in [-0.05, 0) is 30.5 Å². The Morgan fingerprint density at radius 1 is 1.47 bits per heavy atom. The summed E-state index contributed by atoms with van der Waals surface area (Å²) in [7, 11) is 1.65. The zero-order chi connectivity index (χ0) is 14.0. The molecule has 0 saturated carbocycles. The van der Waals surface area contributed by atoms with Crippen LogP contribution in [0.25, 0.3) is 11.1 Å². The number of aromatic nitrogens is 1. The molecule has 0 bridgehead atoms. The Morgan fingerprint density at radius 3 is 2.89 bits per heavy atom. The van der Waals surface area contributed by atoms with Gasteiger partial charge in [0, 0.05) is 19.5 Å². The van der Waals surface area contributed by atoms with Crippen LogP contribution in [0.4, 0.5) is 0 Å². The first-order valence-electron chi connectivity index (χ1n) is 6.12. The molecule has 102 valence electrons. The van der Waals surface area contributed by atoms with Gasteiger partial charge in [0.25, 0.3) is 0 Å².